The van der Waals surface area contributed by atoms with E-state index in [4.69, 9.17) is 18.9 Å². The van der Waals surface area contributed by atoms with E-state index >= 15 is 0 Å². The smallest absolute Gasteiger partial charge is 0.0943 e. The molecule has 0 heterocycles. The summed E-state index contributed by atoms with van der Waals surface area (Å²) < 4.78 is 22.9. The molecule has 0 bridgehead atoms. The molecule has 5 heteroatoms. The highest BCUT2D eigenvalue weighted by molar-refractivity contribution is 5.28. The lowest BCUT2D eigenvalue weighted by atomic mass is 9.66. The van der Waals surface area contributed by atoms with Crippen LogP contribution in [0.15, 0.2) is 24.0 Å². The Bertz CT molecular complexity index is 451. The van der Waals surface area contributed by atoms with Gasteiger partial charge in [0.1, 0.15) is 0 Å². The van der Waals surface area contributed by atoms with E-state index in [2.05, 4.69) is 32.3 Å². The Hall–Kier alpha value is -0.880. The third kappa shape index (κ3) is 3.69. The Labute approximate surface area is 147 Å². The van der Waals surface area contributed by atoms with Crippen LogP contribution in [0, 0.1) is 5.92 Å². The van der Waals surface area contributed by atoms with E-state index in [1.165, 1.54) is 0 Å². The number of hydrogen-bond donors (Lipinski definition) is 0. The summed E-state index contributed by atoms with van der Waals surface area (Å²) in [6.45, 7) is 13.2. The molecular formula is C19H35NO4. The number of hydrogen-bond acceptors (Lipinski definition) is 5. The Morgan fingerprint density at radius 1 is 1.29 bits per heavy atom. The molecule has 0 spiro atoms. The van der Waals surface area contributed by atoms with Crippen molar-refractivity contribution in [1.82, 2.24) is 4.90 Å². The summed E-state index contributed by atoms with van der Waals surface area (Å²) in [5, 5.41) is 0. The number of methoxy groups -OCH3 is 4. The fourth-order valence-electron chi connectivity index (χ4n) is 3.77. The molecule has 0 aromatic rings. The second-order valence-corrected chi connectivity index (χ2v) is 6.48. The molecule has 0 N–H and O–H groups in total. The molecular weight excluding hydrogens is 306 g/mol. The van der Waals surface area contributed by atoms with Crippen LogP contribution >= 0.6 is 0 Å². The molecule has 0 amide bonds. The molecule has 0 radical (unpaired) electrons. The van der Waals surface area contributed by atoms with Gasteiger partial charge in [-0.25, -0.2) is 0 Å². The van der Waals surface area contributed by atoms with E-state index in [0.717, 1.165) is 24.2 Å². The third-order valence-corrected chi connectivity index (χ3v) is 5.69. The SMILES string of the molecule is C=CN(CC)/C(=C(/C)C(C)(OC)[C@H]1CC(OC)[C@H]1OC)C(C)OC. The van der Waals surface area contributed by atoms with E-state index in [1.807, 2.05) is 13.1 Å². The van der Waals surface area contributed by atoms with Gasteiger partial charge in [-0.2, -0.15) is 0 Å². The molecule has 0 aromatic heterocycles. The first-order chi connectivity index (χ1) is 11.4. The first-order valence-corrected chi connectivity index (χ1v) is 8.60. The van der Waals surface area contributed by atoms with Crippen molar-refractivity contribution in [2.24, 2.45) is 5.92 Å². The fraction of sp³-hybridized carbons (Fsp3) is 0.789. The summed E-state index contributed by atoms with van der Waals surface area (Å²) >= 11 is 0. The summed E-state index contributed by atoms with van der Waals surface area (Å²) in [5.74, 6) is 0.222. The standard InChI is InChI=1S/C19H35NO4/c1-10-20(11-2)17(14(4)21-6)13(3)19(5,24-9)15-12-16(22-7)18(15)23-8/h10,14-16,18H,1,11-12H2,2-9H3/b17-13-/t14?,15-,16?,18-,19?/m0/s1. The monoisotopic (exact) mass is 341 g/mol. The fourth-order valence-corrected chi connectivity index (χ4v) is 3.77. The quantitative estimate of drug-likeness (QED) is 0.610. The molecule has 1 rings (SSSR count). The highest BCUT2D eigenvalue weighted by atomic mass is 16.5. The second-order valence-electron chi connectivity index (χ2n) is 6.48. The summed E-state index contributed by atoms with van der Waals surface area (Å²) in [6.07, 6.45) is 2.83. The number of nitrogens with zero attached hydrogens (tertiary/aromatic N) is 1. The molecule has 1 aliphatic carbocycles. The van der Waals surface area contributed by atoms with Crippen molar-refractivity contribution >= 4 is 0 Å². The predicted octanol–water partition coefficient (Wildman–Crippen LogP) is 3.22. The maximum absolute atomic E-state index is 6.03. The van der Waals surface area contributed by atoms with Gasteiger partial charge in [0.2, 0.25) is 0 Å². The van der Waals surface area contributed by atoms with Crippen molar-refractivity contribution in [3.63, 3.8) is 0 Å². The Kier molecular flexibility index (Phi) is 7.93. The van der Waals surface area contributed by atoms with Crippen molar-refractivity contribution < 1.29 is 18.9 Å². The molecule has 1 saturated carbocycles. The number of ether oxygens (including phenoxy) is 4. The molecule has 1 aliphatic rings. The lowest BCUT2D eigenvalue weighted by molar-refractivity contribution is -0.193. The topological polar surface area (TPSA) is 40.2 Å². The van der Waals surface area contributed by atoms with Crippen LogP contribution in [-0.4, -0.2) is 63.8 Å². The van der Waals surface area contributed by atoms with Crippen LogP contribution < -0.4 is 0 Å². The summed E-state index contributed by atoms with van der Waals surface area (Å²) in [7, 11) is 6.95. The largest absolute Gasteiger partial charge is 0.379 e. The Balaban J connectivity index is 3.33. The Morgan fingerprint density at radius 3 is 2.29 bits per heavy atom. The summed E-state index contributed by atoms with van der Waals surface area (Å²) in [5.41, 5.74) is 1.77. The van der Waals surface area contributed by atoms with Crippen molar-refractivity contribution in [2.45, 2.75) is 58.0 Å². The molecule has 5 nitrogen and oxygen atoms in total. The zero-order chi connectivity index (χ0) is 18.5. The first-order valence-electron chi connectivity index (χ1n) is 8.60. The molecule has 0 saturated heterocycles. The highest BCUT2D eigenvalue weighted by Crippen LogP contribution is 2.46. The van der Waals surface area contributed by atoms with E-state index < -0.39 is 5.60 Å². The lowest BCUT2D eigenvalue weighted by Crippen LogP contribution is -2.59. The van der Waals surface area contributed by atoms with Crippen LogP contribution in [0.1, 0.15) is 34.1 Å². The molecule has 1 fully saturated rings. The molecule has 140 valence electrons. The number of rotatable bonds is 10. The Morgan fingerprint density at radius 2 is 1.92 bits per heavy atom. The van der Waals surface area contributed by atoms with E-state index in [9.17, 15) is 0 Å². The van der Waals surface area contributed by atoms with Crippen LogP contribution in [0.2, 0.25) is 0 Å². The van der Waals surface area contributed by atoms with Crippen LogP contribution in [0.25, 0.3) is 0 Å². The average molecular weight is 341 g/mol. The minimum absolute atomic E-state index is 0.0211. The maximum Gasteiger partial charge on any atom is 0.0943 e. The third-order valence-electron chi connectivity index (χ3n) is 5.69. The van der Waals surface area contributed by atoms with Gasteiger partial charge < -0.3 is 23.8 Å². The summed E-state index contributed by atoms with van der Waals surface area (Å²) in [4.78, 5) is 2.12. The van der Waals surface area contributed by atoms with Crippen molar-refractivity contribution in [1.29, 1.82) is 0 Å². The van der Waals surface area contributed by atoms with Crippen LogP contribution in [-0.2, 0) is 18.9 Å². The predicted molar refractivity (Wildman–Crippen MR) is 96.9 cm³/mol. The van der Waals surface area contributed by atoms with Gasteiger partial charge in [-0.05, 0) is 45.9 Å². The second kappa shape index (κ2) is 8.99. The van der Waals surface area contributed by atoms with E-state index in [-0.39, 0.29) is 24.2 Å². The zero-order valence-electron chi connectivity index (χ0n) is 16.6. The molecule has 0 aromatic carbocycles. The summed E-state index contributed by atoms with van der Waals surface area (Å²) in [6, 6.07) is 0. The van der Waals surface area contributed by atoms with Crippen LogP contribution in [0.5, 0.6) is 0 Å². The van der Waals surface area contributed by atoms with Gasteiger partial charge in [0.15, 0.2) is 0 Å². The van der Waals surface area contributed by atoms with Gasteiger partial charge >= 0.3 is 0 Å². The van der Waals surface area contributed by atoms with Gasteiger partial charge in [-0.15, -0.1) is 0 Å². The van der Waals surface area contributed by atoms with Gasteiger partial charge in [-0.1, -0.05) is 6.58 Å². The first kappa shape index (κ1) is 21.2. The lowest BCUT2D eigenvalue weighted by Gasteiger charge is -2.52. The molecule has 0 aliphatic heterocycles. The van der Waals surface area contributed by atoms with Gasteiger partial charge in [0.05, 0.1) is 23.9 Å². The van der Waals surface area contributed by atoms with Gasteiger partial charge in [0.25, 0.3) is 0 Å². The van der Waals surface area contributed by atoms with Crippen molar-refractivity contribution in [2.75, 3.05) is 35.0 Å². The minimum Gasteiger partial charge on any atom is -0.379 e. The minimum atomic E-state index is -0.464. The van der Waals surface area contributed by atoms with Crippen molar-refractivity contribution in [3.05, 3.63) is 24.0 Å². The van der Waals surface area contributed by atoms with Crippen molar-refractivity contribution in [3.8, 4) is 0 Å². The average Bonchev–Trinajstić information content (AvgIpc) is 2.57. The van der Waals surface area contributed by atoms with Gasteiger partial charge in [0, 0.05) is 46.6 Å². The molecule has 3 unspecified atom stereocenters. The van der Waals surface area contributed by atoms with Crippen LogP contribution in [0.4, 0.5) is 0 Å². The van der Waals surface area contributed by atoms with Gasteiger partial charge in [-0.3, -0.25) is 0 Å². The zero-order valence-corrected chi connectivity index (χ0v) is 16.6. The normalized spacial score (nSPS) is 28.4. The number of likely N-dealkylation sites (N-methyl/N-ethyl adjacent to an activating group) is 1. The maximum atomic E-state index is 6.03. The van der Waals surface area contributed by atoms with Crippen LogP contribution in [0.3, 0.4) is 0 Å². The molecule has 5 atom stereocenters. The van der Waals surface area contributed by atoms with E-state index in [1.54, 1.807) is 28.4 Å². The highest BCUT2D eigenvalue weighted by Gasteiger charge is 2.53. The molecule has 24 heavy (non-hydrogen) atoms. The van der Waals surface area contributed by atoms with E-state index in [0.29, 0.717) is 0 Å².